The molecule has 5 aromatic carbocycles. The van der Waals surface area contributed by atoms with Gasteiger partial charge in [0.2, 0.25) is 76.8 Å². The predicted octanol–water partition coefficient (Wildman–Crippen LogP) is -0.366. The van der Waals surface area contributed by atoms with Crippen LogP contribution in [0.25, 0.3) is 54.5 Å². The summed E-state index contributed by atoms with van der Waals surface area (Å²) in [7, 11) is 0. The third kappa shape index (κ3) is 27.6. The van der Waals surface area contributed by atoms with Crippen LogP contribution in [0.2, 0.25) is 0 Å². The van der Waals surface area contributed by atoms with Gasteiger partial charge in [-0.25, -0.2) is 0 Å². The molecule has 10 aromatic rings. The Hall–Kier alpha value is -15.3. The van der Waals surface area contributed by atoms with Gasteiger partial charge in [-0.2, -0.15) is 0 Å². The van der Waals surface area contributed by atoms with Gasteiger partial charge >= 0.3 is 0 Å². The van der Waals surface area contributed by atoms with Crippen LogP contribution in [0.3, 0.4) is 0 Å². The standard InChI is InChI=1S/C89H116N28O13/c1-3-47(2)75(117-81(125)67(31-33-74(92)119)108-77(121)58(90)22-14-34-100-87(94)95)86(130)111-65(29-16-36-102-89(98)99)78(122)109-64(28-15-35-101-88(96)97)79(123)113-71(40-51-45-106-62-26-12-7-20-56(51)62)84(128)115-69(38-49-43-104-60-24-10-5-18-54(49)60)82(126)110-66(30-32-73(91)118)80(124)114-72(41-52-46-107-63-27-13-8-21-57(52)63)85(129)116-70(39-50-44-105-61-25-11-6-19-55(50)61)83(127)112-68(76(93)120)37-48-42-103-59-23-9-4-17-53(48)59/h4-13,17-21,23-27,42-47,58,64-72,75,103-107H,3,14-16,22,28-41,90H2,1-2H3,(H2,91,118)(H2,92,119)(H2,93,120)(H,108,121)(H,109,122)(H,110,126)(H,111,130)(H,112,127)(H,113,123)(H,114,124)(H,115,128)(H,116,129)(H,117,125)(H4,94,95,100)(H4,96,97,101)(H4,98,99,102)/t47-,58-,64-,65-,66-,67-,68-,69-,70-,71-,72-,75-/m0/s1. The molecule has 5 aromatic heterocycles. The number of primary amides is 3. The maximum absolute atomic E-state index is 15.9. The van der Waals surface area contributed by atoms with Crippen LogP contribution in [0.15, 0.2) is 152 Å². The van der Waals surface area contributed by atoms with E-state index in [1.165, 1.54) is 0 Å². The highest BCUT2D eigenvalue weighted by Gasteiger charge is 2.39. The molecule has 0 saturated carbocycles. The molecule has 0 aliphatic rings. The highest BCUT2D eigenvalue weighted by atomic mass is 16.2. The topological polar surface area (TPSA) is 711 Å². The average molecular weight is 1790 g/mol. The largest absolute Gasteiger partial charge is 0.370 e. The van der Waals surface area contributed by atoms with E-state index in [0.717, 1.165) is 10.9 Å². The molecule has 0 unspecified atom stereocenters. The summed E-state index contributed by atoms with van der Waals surface area (Å²) in [5.74, 6) is -13.7. The third-order valence-electron chi connectivity index (χ3n) is 22.7. The highest BCUT2D eigenvalue weighted by molar-refractivity contribution is 6.02. The molecule has 12 atom stereocenters. The van der Waals surface area contributed by atoms with E-state index in [-0.39, 0.29) is 109 Å². The van der Waals surface area contributed by atoms with Crippen LogP contribution >= 0.6 is 0 Å². The summed E-state index contributed by atoms with van der Waals surface area (Å²) in [6, 6.07) is 19.3. The average Bonchev–Trinajstić information content (AvgIpc) is 1.69. The van der Waals surface area contributed by atoms with E-state index in [0.29, 0.717) is 77.8 Å². The zero-order valence-corrected chi connectivity index (χ0v) is 72.1. The van der Waals surface area contributed by atoms with Crippen LogP contribution in [0.4, 0.5) is 0 Å². The first-order valence-electron chi connectivity index (χ1n) is 42.9. The Kier molecular flexibility index (Phi) is 34.9. The molecule has 5 heterocycles. The number of aromatic amines is 5. The molecule has 130 heavy (non-hydrogen) atoms. The molecule has 41 nitrogen and oxygen atoms in total. The Bertz CT molecular complexity index is 5730. The van der Waals surface area contributed by atoms with Crippen molar-refractivity contribution in [1.29, 1.82) is 16.2 Å². The fourth-order valence-corrected chi connectivity index (χ4v) is 15.4. The first-order chi connectivity index (χ1) is 62.3. The fourth-order valence-electron chi connectivity index (χ4n) is 15.4. The van der Waals surface area contributed by atoms with Crippen molar-refractivity contribution in [3.8, 4) is 0 Å². The second-order valence-corrected chi connectivity index (χ2v) is 32.2. The maximum Gasteiger partial charge on any atom is 0.243 e. The van der Waals surface area contributed by atoms with Gasteiger partial charge in [-0.15, -0.1) is 0 Å². The lowest BCUT2D eigenvalue weighted by Crippen LogP contribution is -2.61. The van der Waals surface area contributed by atoms with Crippen molar-refractivity contribution in [3.05, 3.63) is 180 Å². The molecule has 0 fully saturated rings. The van der Waals surface area contributed by atoms with Crippen molar-refractivity contribution in [2.24, 2.45) is 46.1 Å². The number of benzene rings is 5. The Labute approximate surface area is 747 Å². The fraction of sp³-hybridized carbons (Fsp3) is 0.371. The van der Waals surface area contributed by atoms with Crippen LogP contribution in [-0.2, 0) is 94.4 Å². The first-order valence-corrected chi connectivity index (χ1v) is 42.9. The SMILES string of the molecule is CC[C@H](C)[C@H](NC(=O)[C@H](CCC(N)=O)NC(=O)[C@@H](N)CCCNC(=N)N)C(=O)N[C@@H](CCCNC(=N)N)C(=O)N[C@@H](CCCNC(=N)N)C(=O)N[C@@H](Cc1c[nH]c2ccccc12)C(=O)N[C@@H](Cc1c[nH]c2ccccc12)C(=O)N[C@@H](CCC(N)=O)C(=O)N[C@@H](Cc1c[nH]c2ccccc12)C(=O)N[C@@H](Cc1c[nH]c2ccccc12)C(=O)N[C@@H](Cc1c[nH]c2ccccc12)C(N)=O. The number of nitrogens with two attached hydrogens (primary N) is 7. The minimum atomic E-state index is -1.73. The van der Waals surface area contributed by atoms with Crippen molar-refractivity contribution in [3.63, 3.8) is 0 Å². The number of guanidine groups is 3. The zero-order chi connectivity index (χ0) is 93.7. The van der Waals surface area contributed by atoms with Gasteiger partial charge in [0, 0.05) is 150 Å². The van der Waals surface area contributed by atoms with Gasteiger partial charge in [0.1, 0.15) is 60.4 Å². The van der Waals surface area contributed by atoms with Crippen molar-refractivity contribution in [1.82, 2.24) is 94.0 Å². The molecule has 0 bridgehead atoms. The second-order valence-electron chi connectivity index (χ2n) is 32.2. The number of carbonyl (C=O) groups is 13. The van der Waals surface area contributed by atoms with Gasteiger partial charge in [0.25, 0.3) is 0 Å². The Morgan fingerprint density at radius 1 is 0.308 bits per heavy atom. The minimum absolute atomic E-state index is 0.00360. The Balaban J connectivity index is 0.953. The zero-order valence-electron chi connectivity index (χ0n) is 72.1. The van der Waals surface area contributed by atoms with E-state index in [2.05, 4.69) is 94.0 Å². The molecule has 35 N–H and O–H groups in total. The van der Waals surface area contributed by atoms with E-state index in [9.17, 15) is 28.8 Å². The summed E-state index contributed by atoms with van der Waals surface area (Å²) in [5, 5.41) is 62.1. The van der Waals surface area contributed by atoms with Crippen LogP contribution in [-0.4, -0.2) is 206 Å². The van der Waals surface area contributed by atoms with E-state index >= 15 is 33.6 Å². The molecule has 0 spiro atoms. The van der Waals surface area contributed by atoms with Gasteiger partial charge in [-0.1, -0.05) is 111 Å². The number of nitrogens with one attached hydrogen (secondary N) is 21. The first kappa shape index (κ1) is 96.9. The number of H-pyrrole nitrogens is 5. The van der Waals surface area contributed by atoms with Gasteiger partial charge < -0.3 is 134 Å². The molecule has 41 heteroatoms. The quantitative estimate of drug-likeness (QED) is 0.0131. The van der Waals surface area contributed by atoms with Crippen LogP contribution in [0, 0.1) is 22.1 Å². The molecule has 0 aliphatic heterocycles. The summed E-state index contributed by atoms with van der Waals surface area (Å²) in [6.45, 7) is 3.56. The number of hydrogen-bond acceptors (Lipinski definition) is 17. The van der Waals surface area contributed by atoms with E-state index in [1.54, 1.807) is 124 Å². The van der Waals surface area contributed by atoms with Gasteiger partial charge in [0.05, 0.1) is 6.04 Å². The number of aromatic nitrogens is 5. The highest BCUT2D eigenvalue weighted by Crippen LogP contribution is 2.27. The van der Waals surface area contributed by atoms with Crippen molar-refractivity contribution < 1.29 is 62.3 Å². The smallest absolute Gasteiger partial charge is 0.243 e. The number of fused-ring (bicyclic) bond motifs is 5. The van der Waals surface area contributed by atoms with Crippen molar-refractivity contribution in [2.45, 2.75) is 183 Å². The summed E-state index contributed by atoms with van der Waals surface area (Å²) in [4.78, 5) is 206. The van der Waals surface area contributed by atoms with Gasteiger partial charge in [0.15, 0.2) is 17.9 Å². The molecular formula is C89H116N28O13. The molecule has 10 rings (SSSR count). The van der Waals surface area contributed by atoms with Crippen LogP contribution in [0.1, 0.15) is 112 Å². The lowest BCUT2D eigenvalue weighted by molar-refractivity contribution is -0.136. The van der Waals surface area contributed by atoms with Gasteiger partial charge in [-0.3, -0.25) is 78.6 Å². The minimum Gasteiger partial charge on any atom is -0.370 e. The van der Waals surface area contributed by atoms with Crippen molar-refractivity contribution >= 4 is 149 Å². The summed E-state index contributed by atoms with van der Waals surface area (Å²) >= 11 is 0. The summed E-state index contributed by atoms with van der Waals surface area (Å²) in [6.07, 6.45) is 5.82. The second kappa shape index (κ2) is 46.8. The lowest BCUT2D eigenvalue weighted by Gasteiger charge is -2.30. The van der Waals surface area contributed by atoms with E-state index in [1.807, 2.05) is 42.5 Å². The summed E-state index contributed by atoms with van der Waals surface area (Å²) < 4.78 is 0. The number of hydrogen-bond donors (Lipinski definition) is 28. The maximum atomic E-state index is 15.9. The van der Waals surface area contributed by atoms with E-state index in [4.69, 9.17) is 56.4 Å². The van der Waals surface area contributed by atoms with Crippen LogP contribution in [0.5, 0.6) is 0 Å². The van der Waals surface area contributed by atoms with Gasteiger partial charge in [-0.05, 0) is 115 Å². The Morgan fingerprint density at radius 3 is 0.831 bits per heavy atom. The van der Waals surface area contributed by atoms with Crippen molar-refractivity contribution in [2.75, 3.05) is 19.6 Å². The number of rotatable bonds is 51. The van der Waals surface area contributed by atoms with E-state index < -0.39 is 174 Å². The predicted molar refractivity (Wildman–Crippen MR) is 490 cm³/mol. The molecule has 690 valence electrons. The molecule has 13 amide bonds. The Morgan fingerprint density at radius 2 is 0.546 bits per heavy atom. The molecule has 0 radical (unpaired) electrons. The molecular weight excluding hydrogens is 1670 g/mol. The number of carbonyl (C=O) groups excluding carboxylic acids is 13. The normalized spacial score (nSPS) is 14.1. The molecule has 0 saturated heterocycles. The van der Waals surface area contributed by atoms with Crippen LogP contribution < -0.4 is 109 Å². The number of para-hydroxylation sites is 5. The number of amides is 13. The lowest BCUT2D eigenvalue weighted by atomic mass is 9.96. The summed E-state index contributed by atoms with van der Waals surface area (Å²) in [5.41, 5.74) is 46.4. The third-order valence-corrected chi connectivity index (χ3v) is 22.7. The monoisotopic (exact) mass is 1780 g/mol. The molecule has 0 aliphatic carbocycles.